The van der Waals surface area contributed by atoms with Crippen molar-refractivity contribution < 1.29 is 0 Å². The smallest absolute Gasteiger partial charge is 0.191 e. The lowest BCUT2D eigenvalue weighted by Crippen LogP contribution is -2.39. The highest BCUT2D eigenvalue weighted by atomic mass is 127. The molecule has 2 N–H and O–H groups in total. The highest BCUT2D eigenvalue weighted by Crippen LogP contribution is 2.28. The number of guanidine groups is 1. The zero-order valence-electron chi connectivity index (χ0n) is 13.3. The summed E-state index contributed by atoms with van der Waals surface area (Å²) in [6, 6.07) is 6.62. The second-order valence-electron chi connectivity index (χ2n) is 5.54. The van der Waals surface area contributed by atoms with Crippen molar-refractivity contribution in [3.05, 3.63) is 23.9 Å². The summed E-state index contributed by atoms with van der Waals surface area (Å²) >= 11 is 0. The molecule has 2 atom stereocenters. The Hall–Kier alpha value is -1.05. The van der Waals surface area contributed by atoms with Crippen LogP contribution in [0.25, 0.3) is 0 Å². The third kappa shape index (κ3) is 5.68. The van der Waals surface area contributed by atoms with Gasteiger partial charge < -0.3 is 15.5 Å². The predicted octanol–water partition coefficient (Wildman–Crippen LogP) is 2.23. The summed E-state index contributed by atoms with van der Waals surface area (Å²) in [6.45, 7) is 5.80. The van der Waals surface area contributed by atoms with Gasteiger partial charge in [-0.05, 0) is 31.4 Å². The fourth-order valence-corrected chi connectivity index (χ4v) is 1.98. The molecule has 1 aliphatic rings. The molecule has 0 bridgehead atoms. The topological polar surface area (TPSA) is 52.6 Å². The Kier molecular flexibility index (Phi) is 7.21. The monoisotopic (exact) mass is 403 g/mol. The average Bonchev–Trinajstić information content (AvgIpc) is 3.12. The molecule has 2 unspecified atom stereocenters. The number of hydrogen-bond acceptors (Lipinski definition) is 3. The number of pyridine rings is 1. The molecule has 0 amide bonds. The van der Waals surface area contributed by atoms with E-state index >= 15 is 0 Å². The van der Waals surface area contributed by atoms with E-state index in [1.807, 2.05) is 37.2 Å². The third-order valence-corrected chi connectivity index (χ3v) is 3.43. The van der Waals surface area contributed by atoms with Crippen molar-refractivity contribution in [2.45, 2.75) is 32.9 Å². The largest absolute Gasteiger partial charge is 0.363 e. The number of halogens is 1. The minimum absolute atomic E-state index is 0. The third-order valence-electron chi connectivity index (χ3n) is 3.43. The first kappa shape index (κ1) is 18.0. The van der Waals surface area contributed by atoms with Crippen LogP contribution in [0.1, 0.15) is 26.0 Å². The van der Waals surface area contributed by atoms with Gasteiger partial charge in [0.15, 0.2) is 5.96 Å². The quantitative estimate of drug-likeness (QED) is 0.450. The maximum Gasteiger partial charge on any atom is 0.191 e. The van der Waals surface area contributed by atoms with Gasteiger partial charge in [0.25, 0.3) is 0 Å². The summed E-state index contributed by atoms with van der Waals surface area (Å²) in [5.74, 6) is 2.61. The molecule has 0 spiro atoms. The van der Waals surface area contributed by atoms with E-state index in [9.17, 15) is 0 Å². The van der Waals surface area contributed by atoms with E-state index in [1.54, 1.807) is 0 Å². The molecule has 118 valence electrons. The molecule has 0 aliphatic heterocycles. The number of aliphatic imine (C=N–C) groups is 1. The van der Waals surface area contributed by atoms with Crippen LogP contribution in [0.5, 0.6) is 0 Å². The molecular weight excluding hydrogens is 377 g/mol. The highest BCUT2D eigenvalue weighted by Gasteiger charge is 2.33. The predicted molar refractivity (Wildman–Crippen MR) is 99.5 cm³/mol. The van der Waals surface area contributed by atoms with Gasteiger partial charge in [0, 0.05) is 26.7 Å². The SMILES string of the molecule is CCNC(=NCc1cccc(N(C)C)n1)NC1CC1C.I. The van der Waals surface area contributed by atoms with E-state index in [-0.39, 0.29) is 24.0 Å². The van der Waals surface area contributed by atoms with Gasteiger partial charge in [-0.1, -0.05) is 13.0 Å². The number of nitrogens with one attached hydrogen (secondary N) is 2. The van der Waals surface area contributed by atoms with Gasteiger partial charge in [-0.25, -0.2) is 9.98 Å². The van der Waals surface area contributed by atoms with Gasteiger partial charge in [0.1, 0.15) is 5.82 Å². The Balaban J connectivity index is 0.00000220. The van der Waals surface area contributed by atoms with Crippen molar-refractivity contribution in [1.82, 2.24) is 15.6 Å². The number of aromatic nitrogens is 1. The lowest BCUT2D eigenvalue weighted by molar-refractivity contribution is 0.764. The normalized spacial score (nSPS) is 20.5. The Morgan fingerprint density at radius 1 is 1.43 bits per heavy atom. The van der Waals surface area contributed by atoms with Crippen LogP contribution in [0.2, 0.25) is 0 Å². The van der Waals surface area contributed by atoms with E-state index in [2.05, 4.69) is 34.5 Å². The minimum Gasteiger partial charge on any atom is -0.363 e. The van der Waals surface area contributed by atoms with Crippen LogP contribution in [0.3, 0.4) is 0 Å². The summed E-state index contributed by atoms with van der Waals surface area (Å²) in [5.41, 5.74) is 0.984. The first-order valence-electron chi connectivity index (χ1n) is 7.28. The van der Waals surface area contributed by atoms with Crippen LogP contribution in [-0.4, -0.2) is 37.6 Å². The molecule has 0 aromatic carbocycles. The van der Waals surface area contributed by atoms with Crippen molar-refractivity contribution in [3.63, 3.8) is 0 Å². The lowest BCUT2D eigenvalue weighted by atomic mass is 10.3. The second kappa shape index (κ2) is 8.41. The molecule has 0 saturated heterocycles. The van der Waals surface area contributed by atoms with Crippen LogP contribution in [-0.2, 0) is 6.54 Å². The van der Waals surface area contributed by atoms with Gasteiger partial charge in [-0.3, -0.25) is 0 Å². The van der Waals surface area contributed by atoms with Crippen LogP contribution >= 0.6 is 24.0 Å². The van der Waals surface area contributed by atoms with Gasteiger partial charge in [0.2, 0.25) is 0 Å². The second-order valence-corrected chi connectivity index (χ2v) is 5.54. The molecule has 2 rings (SSSR count). The van der Waals surface area contributed by atoms with Crippen LogP contribution < -0.4 is 15.5 Å². The van der Waals surface area contributed by atoms with Gasteiger partial charge in [0.05, 0.1) is 12.2 Å². The number of anilines is 1. The molecule has 5 nitrogen and oxygen atoms in total. The zero-order valence-corrected chi connectivity index (χ0v) is 15.6. The molecule has 6 heteroatoms. The lowest BCUT2D eigenvalue weighted by Gasteiger charge is -2.13. The van der Waals surface area contributed by atoms with E-state index < -0.39 is 0 Å². The number of rotatable bonds is 5. The average molecular weight is 403 g/mol. The van der Waals surface area contributed by atoms with Crippen molar-refractivity contribution >= 4 is 35.8 Å². The molecule has 1 aliphatic carbocycles. The summed E-state index contributed by atoms with van der Waals surface area (Å²) < 4.78 is 0. The number of hydrogen-bond donors (Lipinski definition) is 2. The van der Waals surface area contributed by atoms with E-state index in [0.717, 1.165) is 29.9 Å². The van der Waals surface area contributed by atoms with Gasteiger partial charge in [-0.15, -0.1) is 24.0 Å². The Bertz CT molecular complexity index is 475. The van der Waals surface area contributed by atoms with Crippen LogP contribution in [0.4, 0.5) is 5.82 Å². The standard InChI is InChI=1S/C15H25N5.HI/c1-5-16-15(19-13-9-11(13)2)17-10-12-7-6-8-14(18-12)20(3)4;/h6-8,11,13H,5,9-10H2,1-4H3,(H2,16,17,19);1H. The fourth-order valence-electron chi connectivity index (χ4n) is 1.98. The molecule has 0 radical (unpaired) electrons. The highest BCUT2D eigenvalue weighted by molar-refractivity contribution is 14.0. The molecule has 1 aromatic rings. The summed E-state index contributed by atoms with van der Waals surface area (Å²) in [4.78, 5) is 11.2. The minimum atomic E-state index is 0. The maximum atomic E-state index is 4.61. The van der Waals surface area contributed by atoms with Gasteiger partial charge in [-0.2, -0.15) is 0 Å². The number of nitrogens with zero attached hydrogens (tertiary/aromatic N) is 3. The van der Waals surface area contributed by atoms with Crippen LogP contribution in [0.15, 0.2) is 23.2 Å². The Morgan fingerprint density at radius 3 is 2.71 bits per heavy atom. The van der Waals surface area contributed by atoms with Crippen molar-refractivity contribution in [3.8, 4) is 0 Å². The summed E-state index contributed by atoms with van der Waals surface area (Å²) in [7, 11) is 3.99. The zero-order chi connectivity index (χ0) is 14.5. The molecule has 1 heterocycles. The molecule has 1 saturated carbocycles. The first-order valence-corrected chi connectivity index (χ1v) is 7.28. The molecule has 21 heavy (non-hydrogen) atoms. The molecule has 1 fully saturated rings. The van der Waals surface area contributed by atoms with Crippen molar-refractivity contribution in [2.75, 3.05) is 25.5 Å². The molecule has 1 aromatic heterocycles. The Morgan fingerprint density at radius 2 is 2.14 bits per heavy atom. The Labute approximate surface area is 144 Å². The molecular formula is C15H26IN5. The van der Waals surface area contributed by atoms with Crippen molar-refractivity contribution in [2.24, 2.45) is 10.9 Å². The van der Waals surface area contributed by atoms with E-state index in [1.165, 1.54) is 6.42 Å². The maximum absolute atomic E-state index is 4.61. The first-order chi connectivity index (χ1) is 9.60. The fraction of sp³-hybridized carbons (Fsp3) is 0.600. The summed E-state index contributed by atoms with van der Waals surface area (Å²) in [6.07, 6.45) is 1.23. The van der Waals surface area contributed by atoms with E-state index in [0.29, 0.717) is 12.6 Å². The van der Waals surface area contributed by atoms with E-state index in [4.69, 9.17) is 0 Å². The van der Waals surface area contributed by atoms with Crippen molar-refractivity contribution in [1.29, 1.82) is 0 Å². The van der Waals surface area contributed by atoms with Crippen LogP contribution in [0, 0.1) is 5.92 Å². The summed E-state index contributed by atoms with van der Waals surface area (Å²) in [5, 5.41) is 6.73. The van der Waals surface area contributed by atoms with Gasteiger partial charge >= 0.3 is 0 Å².